The molecule has 0 amide bonds. The Labute approximate surface area is 117 Å². The molecule has 19 heavy (non-hydrogen) atoms. The lowest BCUT2D eigenvalue weighted by Gasteiger charge is -1.93. The summed E-state index contributed by atoms with van der Waals surface area (Å²) in [6.45, 7) is 0.548. The molecule has 0 aliphatic carbocycles. The van der Waals surface area contributed by atoms with E-state index in [1.165, 1.54) is 0 Å². The molecule has 0 aliphatic rings. The molecule has 3 rings (SSSR count). The van der Waals surface area contributed by atoms with Crippen LogP contribution in [0.15, 0.2) is 33.9 Å². The van der Waals surface area contributed by atoms with Gasteiger partial charge in [-0.3, -0.25) is 4.68 Å². The number of imidazole rings is 1. The van der Waals surface area contributed by atoms with Crippen LogP contribution in [0.5, 0.6) is 0 Å². The molecule has 7 nitrogen and oxygen atoms in total. The van der Waals surface area contributed by atoms with Crippen molar-refractivity contribution in [2.24, 2.45) is 7.05 Å². The van der Waals surface area contributed by atoms with Crippen LogP contribution < -0.4 is 0 Å². The second kappa shape index (κ2) is 4.96. The quantitative estimate of drug-likeness (QED) is 0.725. The van der Waals surface area contributed by atoms with Crippen LogP contribution in [0.3, 0.4) is 0 Å². The molecule has 8 heteroatoms. The van der Waals surface area contributed by atoms with Crippen molar-refractivity contribution in [2.45, 2.75) is 13.0 Å². The lowest BCUT2D eigenvalue weighted by atomic mass is 10.3. The Morgan fingerprint density at radius 1 is 1.42 bits per heavy atom. The van der Waals surface area contributed by atoms with Crippen molar-refractivity contribution in [1.29, 1.82) is 0 Å². The molecule has 0 aliphatic heterocycles. The van der Waals surface area contributed by atoms with Gasteiger partial charge in [0, 0.05) is 25.6 Å². The summed E-state index contributed by atoms with van der Waals surface area (Å²) >= 11 is 3.44. The van der Waals surface area contributed by atoms with Gasteiger partial charge in [-0.2, -0.15) is 10.1 Å². The first kappa shape index (κ1) is 12.1. The number of rotatable bonds is 4. The van der Waals surface area contributed by atoms with Crippen LogP contribution in [-0.2, 0) is 20.0 Å². The summed E-state index contributed by atoms with van der Waals surface area (Å²) in [5.74, 6) is 1.18. The zero-order chi connectivity index (χ0) is 13.2. The van der Waals surface area contributed by atoms with Crippen LogP contribution in [-0.4, -0.2) is 29.5 Å². The molecule has 3 aromatic heterocycles. The van der Waals surface area contributed by atoms with Gasteiger partial charge in [0.2, 0.25) is 5.89 Å². The summed E-state index contributed by atoms with van der Waals surface area (Å²) in [5.41, 5.74) is 0.875. The van der Waals surface area contributed by atoms with Crippen molar-refractivity contribution in [3.8, 4) is 0 Å². The van der Waals surface area contributed by atoms with Gasteiger partial charge in [0.15, 0.2) is 5.82 Å². The summed E-state index contributed by atoms with van der Waals surface area (Å²) in [7, 11) is 1.87. The van der Waals surface area contributed by atoms with Gasteiger partial charge >= 0.3 is 0 Å². The highest BCUT2D eigenvalue weighted by atomic mass is 79.9. The van der Waals surface area contributed by atoms with E-state index >= 15 is 0 Å². The predicted octanol–water partition coefficient (Wildman–Crippen LogP) is 1.40. The SMILES string of the molecule is Cn1cc(Br)c(Cc2nc(Cn3ccnc3)no2)n1. The van der Waals surface area contributed by atoms with Crippen LogP contribution in [0.2, 0.25) is 0 Å². The minimum Gasteiger partial charge on any atom is -0.339 e. The minimum atomic E-state index is 0.512. The first-order chi connectivity index (χ1) is 9.20. The van der Waals surface area contributed by atoms with Crippen molar-refractivity contribution < 1.29 is 4.52 Å². The number of nitrogens with zero attached hydrogens (tertiary/aromatic N) is 6. The fraction of sp³-hybridized carbons (Fsp3) is 0.273. The number of aromatic nitrogens is 6. The molecule has 3 heterocycles. The third-order valence-corrected chi connectivity index (χ3v) is 3.23. The van der Waals surface area contributed by atoms with E-state index in [1.807, 2.05) is 24.0 Å². The number of halogens is 1. The third-order valence-electron chi connectivity index (χ3n) is 2.57. The maximum absolute atomic E-state index is 5.22. The predicted molar refractivity (Wildman–Crippen MR) is 69.3 cm³/mol. The maximum atomic E-state index is 5.22. The smallest absolute Gasteiger partial charge is 0.232 e. The minimum absolute atomic E-state index is 0.512. The second-order valence-electron chi connectivity index (χ2n) is 4.11. The normalized spacial score (nSPS) is 11.1. The Morgan fingerprint density at radius 2 is 2.32 bits per heavy atom. The molecule has 0 bridgehead atoms. The van der Waals surface area contributed by atoms with Crippen molar-refractivity contribution >= 4 is 15.9 Å². The van der Waals surface area contributed by atoms with Crippen molar-refractivity contribution in [2.75, 3.05) is 0 Å². The van der Waals surface area contributed by atoms with Gasteiger partial charge < -0.3 is 9.09 Å². The highest BCUT2D eigenvalue weighted by Gasteiger charge is 2.12. The maximum Gasteiger partial charge on any atom is 0.232 e. The van der Waals surface area contributed by atoms with E-state index in [9.17, 15) is 0 Å². The van der Waals surface area contributed by atoms with Gasteiger partial charge in [0.1, 0.15) is 0 Å². The van der Waals surface area contributed by atoms with Gasteiger partial charge in [0.25, 0.3) is 0 Å². The second-order valence-corrected chi connectivity index (χ2v) is 4.97. The molecular weight excluding hydrogens is 312 g/mol. The molecule has 0 saturated carbocycles. The van der Waals surface area contributed by atoms with Crippen LogP contribution in [0.25, 0.3) is 0 Å². The van der Waals surface area contributed by atoms with Crippen LogP contribution in [0, 0.1) is 0 Å². The number of hydrogen-bond acceptors (Lipinski definition) is 5. The number of hydrogen-bond donors (Lipinski definition) is 0. The van der Waals surface area contributed by atoms with Crippen molar-refractivity contribution in [1.82, 2.24) is 29.5 Å². The average molecular weight is 323 g/mol. The van der Waals surface area contributed by atoms with E-state index in [0.717, 1.165) is 10.2 Å². The molecule has 0 aromatic carbocycles. The van der Waals surface area contributed by atoms with Crippen LogP contribution in [0.1, 0.15) is 17.4 Å². The zero-order valence-electron chi connectivity index (χ0n) is 10.2. The Morgan fingerprint density at radius 3 is 3.00 bits per heavy atom. The van der Waals surface area contributed by atoms with Gasteiger partial charge in [-0.05, 0) is 15.9 Å². The molecule has 0 N–H and O–H groups in total. The topological polar surface area (TPSA) is 74.6 Å². The largest absolute Gasteiger partial charge is 0.339 e. The van der Waals surface area contributed by atoms with E-state index < -0.39 is 0 Å². The molecule has 3 aromatic rings. The Bertz CT molecular complexity index is 671. The molecule has 0 saturated heterocycles. The lowest BCUT2D eigenvalue weighted by Crippen LogP contribution is -1.99. The molecule has 0 fully saturated rings. The van der Waals surface area contributed by atoms with Crippen LogP contribution in [0.4, 0.5) is 0 Å². The first-order valence-electron chi connectivity index (χ1n) is 5.66. The van der Waals surface area contributed by atoms with Gasteiger partial charge in [-0.15, -0.1) is 0 Å². The van der Waals surface area contributed by atoms with Gasteiger partial charge in [0.05, 0.1) is 29.5 Å². The highest BCUT2D eigenvalue weighted by Crippen LogP contribution is 2.17. The fourth-order valence-electron chi connectivity index (χ4n) is 1.74. The molecule has 0 unspecified atom stereocenters. The monoisotopic (exact) mass is 322 g/mol. The standard InChI is InChI=1S/C11H11BrN6O/c1-17-5-8(12)9(15-17)4-11-14-10(16-19-11)6-18-3-2-13-7-18/h2-3,5,7H,4,6H2,1H3. The average Bonchev–Trinajstić information content (AvgIpc) is 3.05. The van der Waals surface area contributed by atoms with E-state index in [2.05, 4.69) is 36.2 Å². The van der Waals surface area contributed by atoms with Gasteiger partial charge in [-0.25, -0.2) is 4.98 Å². The highest BCUT2D eigenvalue weighted by molar-refractivity contribution is 9.10. The van der Waals surface area contributed by atoms with Crippen molar-refractivity contribution in [3.05, 3.63) is 46.8 Å². The van der Waals surface area contributed by atoms with E-state index in [1.54, 1.807) is 17.2 Å². The molecular formula is C11H11BrN6O. The third kappa shape index (κ3) is 2.73. The summed E-state index contributed by atoms with van der Waals surface area (Å²) in [5, 5.41) is 8.26. The lowest BCUT2D eigenvalue weighted by molar-refractivity contribution is 0.377. The van der Waals surface area contributed by atoms with Crippen molar-refractivity contribution in [3.63, 3.8) is 0 Å². The Kier molecular flexibility index (Phi) is 3.16. The number of aryl methyl sites for hydroxylation is 1. The zero-order valence-corrected chi connectivity index (χ0v) is 11.8. The molecule has 0 radical (unpaired) electrons. The van der Waals surface area contributed by atoms with E-state index in [-0.39, 0.29) is 0 Å². The summed E-state index contributed by atoms with van der Waals surface area (Å²) < 4.78 is 9.77. The van der Waals surface area contributed by atoms with E-state index in [0.29, 0.717) is 24.7 Å². The van der Waals surface area contributed by atoms with Gasteiger partial charge in [-0.1, -0.05) is 5.16 Å². The molecule has 0 atom stereocenters. The first-order valence-corrected chi connectivity index (χ1v) is 6.45. The Balaban J connectivity index is 1.73. The van der Waals surface area contributed by atoms with E-state index in [4.69, 9.17) is 4.52 Å². The Hall–Kier alpha value is -1.96. The van der Waals surface area contributed by atoms with Crippen LogP contribution >= 0.6 is 15.9 Å². The summed E-state index contributed by atoms with van der Waals surface area (Å²) in [4.78, 5) is 8.30. The summed E-state index contributed by atoms with van der Waals surface area (Å²) in [6, 6.07) is 0. The summed E-state index contributed by atoms with van der Waals surface area (Å²) in [6.07, 6.45) is 7.68. The fourth-order valence-corrected chi connectivity index (χ4v) is 2.25. The molecule has 0 spiro atoms. The molecule has 98 valence electrons.